The number of aliphatic carboxylic acids is 1. The predicted molar refractivity (Wildman–Crippen MR) is 73.4 cm³/mol. The molecule has 0 aliphatic rings. The Morgan fingerprint density at radius 2 is 2.26 bits per heavy atom. The summed E-state index contributed by atoms with van der Waals surface area (Å²) in [6.07, 6.45) is 0.941. The molecule has 0 saturated heterocycles. The van der Waals surface area contributed by atoms with Crippen molar-refractivity contribution in [2.75, 3.05) is 20.3 Å². The van der Waals surface area contributed by atoms with Crippen molar-refractivity contribution >= 4 is 23.2 Å². The van der Waals surface area contributed by atoms with Gasteiger partial charge in [-0.3, -0.25) is 9.59 Å². The summed E-state index contributed by atoms with van der Waals surface area (Å²) in [5.74, 6) is -1.25. The summed E-state index contributed by atoms with van der Waals surface area (Å²) in [5, 5.41) is 13.6. The third-order valence-corrected chi connectivity index (χ3v) is 3.68. The number of ether oxygens (including phenoxy) is 1. The maximum Gasteiger partial charge on any atom is 0.304 e. The first-order valence-electron chi connectivity index (χ1n) is 6.14. The molecule has 1 atom stereocenters. The number of rotatable bonds is 9. The highest BCUT2D eigenvalue weighted by Gasteiger charge is 2.19. The molecule has 2 N–H and O–H groups in total. The Hall–Kier alpha value is -1.40. The van der Waals surface area contributed by atoms with Crippen LogP contribution in [0.5, 0.6) is 0 Å². The summed E-state index contributed by atoms with van der Waals surface area (Å²) < 4.78 is 4.89. The Morgan fingerprint density at radius 3 is 2.84 bits per heavy atom. The lowest BCUT2D eigenvalue weighted by atomic mass is 9.99. The summed E-state index contributed by atoms with van der Waals surface area (Å²) >= 11 is 1.48. The third kappa shape index (κ3) is 6.35. The molecule has 1 aromatic rings. The van der Waals surface area contributed by atoms with Gasteiger partial charge in [-0.25, -0.2) is 0 Å². The zero-order valence-electron chi connectivity index (χ0n) is 10.9. The Bertz CT molecular complexity index is 391. The third-order valence-electron chi connectivity index (χ3n) is 2.65. The maximum atomic E-state index is 11.8. The van der Waals surface area contributed by atoms with E-state index in [2.05, 4.69) is 5.32 Å². The first kappa shape index (κ1) is 15.7. The number of methoxy groups -OCH3 is 1. The van der Waals surface area contributed by atoms with Crippen molar-refractivity contribution in [2.45, 2.75) is 25.2 Å². The second-order valence-corrected chi connectivity index (χ2v) is 5.19. The Balaban J connectivity index is 2.44. The van der Waals surface area contributed by atoms with Gasteiger partial charge in [-0.2, -0.15) is 0 Å². The second-order valence-electron chi connectivity index (χ2n) is 4.21. The Labute approximate surface area is 116 Å². The highest BCUT2D eigenvalue weighted by molar-refractivity contribution is 7.10. The fourth-order valence-corrected chi connectivity index (χ4v) is 2.58. The molecule has 0 saturated carbocycles. The van der Waals surface area contributed by atoms with Gasteiger partial charge in [0.15, 0.2) is 0 Å². The van der Waals surface area contributed by atoms with Gasteiger partial charge in [-0.1, -0.05) is 6.07 Å². The van der Waals surface area contributed by atoms with E-state index in [0.717, 1.165) is 11.3 Å². The van der Waals surface area contributed by atoms with Gasteiger partial charge in [0, 0.05) is 37.5 Å². The van der Waals surface area contributed by atoms with Gasteiger partial charge in [0.25, 0.3) is 0 Å². The molecule has 19 heavy (non-hydrogen) atoms. The number of carbonyl (C=O) groups is 2. The first-order chi connectivity index (χ1) is 9.13. The van der Waals surface area contributed by atoms with Crippen molar-refractivity contribution in [3.05, 3.63) is 22.4 Å². The van der Waals surface area contributed by atoms with Crippen LogP contribution in [0.3, 0.4) is 0 Å². The number of carboxylic acid groups (broad SMARTS) is 1. The van der Waals surface area contributed by atoms with Gasteiger partial charge in [0.05, 0.1) is 6.42 Å². The van der Waals surface area contributed by atoms with Gasteiger partial charge in [-0.05, 0) is 17.9 Å². The normalized spacial score (nSPS) is 12.1. The van der Waals surface area contributed by atoms with E-state index in [-0.39, 0.29) is 24.7 Å². The quantitative estimate of drug-likeness (QED) is 0.679. The number of amides is 1. The first-order valence-corrected chi connectivity index (χ1v) is 7.02. The minimum atomic E-state index is -0.884. The SMILES string of the molecule is COCCCNC(=O)C[C@@H](CC(=O)O)c1cccs1. The van der Waals surface area contributed by atoms with E-state index >= 15 is 0 Å². The number of hydrogen-bond donors (Lipinski definition) is 2. The summed E-state index contributed by atoms with van der Waals surface area (Å²) in [5.41, 5.74) is 0. The van der Waals surface area contributed by atoms with Crippen LogP contribution < -0.4 is 5.32 Å². The Kier molecular flexibility index (Phi) is 7.14. The molecule has 1 aromatic heterocycles. The van der Waals surface area contributed by atoms with Crippen LogP contribution >= 0.6 is 11.3 Å². The summed E-state index contributed by atoms with van der Waals surface area (Å²) in [6, 6.07) is 3.74. The van der Waals surface area contributed by atoms with E-state index in [1.54, 1.807) is 7.11 Å². The highest BCUT2D eigenvalue weighted by Crippen LogP contribution is 2.27. The molecule has 0 aromatic carbocycles. The lowest BCUT2D eigenvalue weighted by molar-refractivity contribution is -0.137. The van der Waals surface area contributed by atoms with Crippen LogP contribution in [0.2, 0.25) is 0 Å². The average Bonchev–Trinajstić information content (AvgIpc) is 2.87. The van der Waals surface area contributed by atoms with Gasteiger partial charge in [0.1, 0.15) is 0 Å². The fraction of sp³-hybridized carbons (Fsp3) is 0.538. The second kappa shape index (κ2) is 8.66. The van der Waals surface area contributed by atoms with Crippen molar-refractivity contribution in [3.63, 3.8) is 0 Å². The molecule has 0 spiro atoms. The van der Waals surface area contributed by atoms with Crippen LogP contribution in [-0.2, 0) is 14.3 Å². The minimum absolute atomic E-state index is 0.0218. The zero-order valence-corrected chi connectivity index (χ0v) is 11.7. The molecule has 5 nitrogen and oxygen atoms in total. The fourth-order valence-electron chi connectivity index (χ4n) is 1.75. The molecule has 1 heterocycles. The smallest absolute Gasteiger partial charge is 0.304 e. The lowest BCUT2D eigenvalue weighted by Crippen LogP contribution is -2.27. The molecule has 0 aliphatic heterocycles. The van der Waals surface area contributed by atoms with Gasteiger partial charge in [0.2, 0.25) is 5.91 Å². The monoisotopic (exact) mass is 285 g/mol. The van der Waals surface area contributed by atoms with Crippen molar-refractivity contribution in [1.82, 2.24) is 5.32 Å². The van der Waals surface area contributed by atoms with Crippen molar-refractivity contribution in [3.8, 4) is 0 Å². The van der Waals surface area contributed by atoms with Gasteiger partial charge in [-0.15, -0.1) is 11.3 Å². The molecular formula is C13H19NO4S. The van der Waals surface area contributed by atoms with Crippen LogP contribution in [0.4, 0.5) is 0 Å². The zero-order chi connectivity index (χ0) is 14.1. The molecule has 106 valence electrons. The number of nitrogens with one attached hydrogen (secondary N) is 1. The number of carboxylic acids is 1. The summed E-state index contributed by atoms with van der Waals surface area (Å²) in [4.78, 5) is 23.5. The standard InChI is InChI=1S/C13H19NO4S/c1-18-6-3-5-14-12(15)8-10(9-13(16)17)11-4-2-7-19-11/h2,4,7,10H,3,5-6,8-9H2,1H3,(H,14,15)(H,16,17)/t10-/m0/s1. The van der Waals surface area contributed by atoms with E-state index < -0.39 is 5.97 Å². The Morgan fingerprint density at radius 1 is 1.47 bits per heavy atom. The molecule has 0 radical (unpaired) electrons. The number of hydrogen-bond acceptors (Lipinski definition) is 4. The van der Waals surface area contributed by atoms with Crippen molar-refractivity contribution in [1.29, 1.82) is 0 Å². The molecule has 6 heteroatoms. The summed E-state index contributed by atoms with van der Waals surface area (Å²) in [7, 11) is 1.61. The predicted octanol–water partition coefficient (Wildman–Crippen LogP) is 1.85. The van der Waals surface area contributed by atoms with Crippen molar-refractivity contribution < 1.29 is 19.4 Å². The maximum absolute atomic E-state index is 11.8. The number of carbonyl (C=O) groups excluding carboxylic acids is 1. The molecule has 1 rings (SSSR count). The molecule has 0 unspecified atom stereocenters. The topological polar surface area (TPSA) is 75.6 Å². The molecule has 0 aliphatic carbocycles. The summed E-state index contributed by atoms with van der Waals surface area (Å²) in [6.45, 7) is 1.15. The highest BCUT2D eigenvalue weighted by atomic mass is 32.1. The van der Waals surface area contributed by atoms with E-state index in [9.17, 15) is 9.59 Å². The van der Waals surface area contributed by atoms with Crippen molar-refractivity contribution in [2.24, 2.45) is 0 Å². The molecule has 1 amide bonds. The van der Waals surface area contributed by atoms with Crippen LogP contribution in [0.1, 0.15) is 30.1 Å². The van der Waals surface area contributed by atoms with E-state index in [1.807, 2.05) is 17.5 Å². The molecular weight excluding hydrogens is 266 g/mol. The van der Waals surface area contributed by atoms with E-state index in [1.165, 1.54) is 11.3 Å². The van der Waals surface area contributed by atoms with Gasteiger partial charge >= 0.3 is 5.97 Å². The minimum Gasteiger partial charge on any atom is -0.481 e. The van der Waals surface area contributed by atoms with E-state index in [4.69, 9.17) is 9.84 Å². The lowest BCUT2D eigenvalue weighted by Gasteiger charge is -2.13. The largest absolute Gasteiger partial charge is 0.481 e. The molecule has 0 fully saturated rings. The molecule has 0 bridgehead atoms. The van der Waals surface area contributed by atoms with Crippen LogP contribution in [0.25, 0.3) is 0 Å². The van der Waals surface area contributed by atoms with Gasteiger partial charge < -0.3 is 15.2 Å². The average molecular weight is 285 g/mol. The van der Waals surface area contributed by atoms with Crippen LogP contribution in [0.15, 0.2) is 17.5 Å². The van der Waals surface area contributed by atoms with Crippen LogP contribution in [-0.4, -0.2) is 37.2 Å². The van der Waals surface area contributed by atoms with E-state index in [0.29, 0.717) is 13.2 Å². The number of thiophene rings is 1. The van der Waals surface area contributed by atoms with Crippen LogP contribution in [0, 0.1) is 0 Å².